The molecule has 146 valence electrons. The largest absolute Gasteiger partial charge is 0.504 e. The number of rotatable bonds is 14. The summed E-state index contributed by atoms with van der Waals surface area (Å²) in [6, 6.07) is 4.43. The van der Waals surface area contributed by atoms with E-state index in [-0.39, 0.29) is 17.4 Å². The fraction of sp³-hybridized carbons (Fsp3) is 0.571. The molecule has 0 spiro atoms. The molecule has 5 nitrogen and oxygen atoms in total. The summed E-state index contributed by atoms with van der Waals surface area (Å²) in [5, 5.41) is 30.2. The molecule has 0 aromatic heterocycles. The van der Waals surface area contributed by atoms with E-state index in [9.17, 15) is 15.0 Å². The lowest BCUT2D eigenvalue weighted by atomic mass is 10.1. The zero-order valence-corrected chi connectivity index (χ0v) is 15.6. The fourth-order valence-electron chi connectivity index (χ4n) is 2.74. The van der Waals surface area contributed by atoms with E-state index in [1.54, 1.807) is 12.1 Å². The minimum Gasteiger partial charge on any atom is -0.504 e. The molecule has 4 N–H and O–H groups in total. The predicted molar refractivity (Wildman–Crippen MR) is 105 cm³/mol. The Kier molecular flexibility index (Phi) is 12.0. The van der Waals surface area contributed by atoms with Crippen LogP contribution < -0.4 is 5.32 Å². The summed E-state index contributed by atoms with van der Waals surface area (Å²) in [6.45, 7) is 0.984. The molecule has 26 heavy (non-hydrogen) atoms. The highest BCUT2D eigenvalue weighted by Crippen LogP contribution is 2.25. The van der Waals surface area contributed by atoms with Gasteiger partial charge in [0.25, 0.3) is 0 Å². The Bertz CT molecular complexity index is 543. The number of amides is 1. The molecule has 0 aliphatic carbocycles. The Morgan fingerprint density at radius 2 is 1.42 bits per heavy atom. The zero-order valence-electron chi connectivity index (χ0n) is 15.6. The molecule has 0 atom stereocenters. The van der Waals surface area contributed by atoms with Crippen LogP contribution in [0.15, 0.2) is 24.3 Å². The van der Waals surface area contributed by atoms with E-state index in [2.05, 4.69) is 5.32 Å². The molecule has 0 aliphatic heterocycles. The number of carbonyl (C=O) groups is 1. The molecule has 0 saturated carbocycles. The van der Waals surface area contributed by atoms with E-state index in [0.717, 1.165) is 25.7 Å². The van der Waals surface area contributed by atoms with Gasteiger partial charge in [0.2, 0.25) is 5.91 Å². The normalized spacial score (nSPS) is 11.1. The average molecular weight is 363 g/mol. The maximum atomic E-state index is 11.7. The van der Waals surface area contributed by atoms with Crippen LogP contribution in [-0.4, -0.2) is 34.4 Å². The van der Waals surface area contributed by atoms with Crippen molar-refractivity contribution < 1.29 is 20.1 Å². The molecule has 0 heterocycles. The minimum absolute atomic E-state index is 0.152. The summed E-state index contributed by atoms with van der Waals surface area (Å²) in [6.07, 6.45) is 14.7. The molecule has 0 bridgehead atoms. The highest BCUT2D eigenvalue weighted by Gasteiger charge is 1.99. The van der Waals surface area contributed by atoms with Gasteiger partial charge in [-0.25, -0.2) is 0 Å². The van der Waals surface area contributed by atoms with Gasteiger partial charge in [0.15, 0.2) is 11.5 Å². The molecule has 1 aromatic carbocycles. The summed E-state index contributed by atoms with van der Waals surface area (Å²) in [5.74, 6) is -0.522. The van der Waals surface area contributed by atoms with Crippen LogP contribution in [0.5, 0.6) is 11.5 Å². The zero-order chi connectivity index (χ0) is 19.0. The van der Waals surface area contributed by atoms with Crippen LogP contribution in [-0.2, 0) is 4.79 Å². The SMILES string of the molecule is O=C(/C=C/c1ccc(O)c(O)c1)NCCCCCCCCCCCCO. The van der Waals surface area contributed by atoms with E-state index < -0.39 is 0 Å². The first-order chi connectivity index (χ1) is 12.6. The van der Waals surface area contributed by atoms with Crippen LogP contribution in [0.4, 0.5) is 0 Å². The molecule has 1 aromatic rings. The summed E-state index contributed by atoms with van der Waals surface area (Å²) < 4.78 is 0. The number of unbranched alkanes of at least 4 members (excludes halogenated alkanes) is 9. The van der Waals surface area contributed by atoms with Gasteiger partial charge in [0, 0.05) is 19.2 Å². The quantitative estimate of drug-likeness (QED) is 0.227. The maximum absolute atomic E-state index is 11.7. The fourth-order valence-corrected chi connectivity index (χ4v) is 2.74. The summed E-state index contributed by atoms with van der Waals surface area (Å²) in [5.41, 5.74) is 0.659. The maximum Gasteiger partial charge on any atom is 0.243 e. The van der Waals surface area contributed by atoms with Gasteiger partial charge in [0.1, 0.15) is 0 Å². The highest BCUT2D eigenvalue weighted by molar-refractivity contribution is 5.91. The first kappa shape index (κ1) is 22.0. The van der Waals surface area contributed by atoms with Gasteiger partial charge in [-0.2, -0.15) is 0 Å². The molecule has 0 saturated heterocycles. The second-order valence-electron chi connectivity index (χ2n) is 6.63. The van der Waals surface area contributed by atoms with Crippen molar-refractivity contribution in [2.75, 3.05) is 13.2 Å². The number of phenols is 2. The topological polar surface area (TPSA) is 89.8 Å². The third-order valence-electron chi connectivity index (χ3n) is 4.31. The van der Waals surface area contributed by atoms with E-state index in [1.807, 2.05) is 0 Å². The van der Waals surface area contributed by atoms with Gasteiger partial charge in [-0.3, -0.25) is 4.79 Å². The lowest BCUT2D eigenvalue weighted by Crippen LogP contribution is -2.21. The number of nitrogens with one attached hydrogen (secondary N) is 1. The standard InChI is InChI=1S/C21H33NO4/c23-16-10-8-6-4-2-1-3-5-7-9-15-22-21(26)14-12-18-11-13-19(24)20(25)17-18/h11-14,17,23-25H,1-10,15-16H2,(H,22,26)/b14-12+. The van der Waals surface area contributed by atoms with Crippen LogP contribution in [0, 0.1) is 0 Å². The van der Waals surface area contributed by atoms with Crippen molar-refractivity contribution in [3.8, 4) is 11.5 Å². The molecular weight excluding hydrogens is 330 g/mol. The van der Waals surface area contributed by atoms with Crippen molar-refractivity contribution >= 4 is 12.0 Å². The van der Waals surface area contributed by atoms with Gasteiger partial charge < -0.3 is 20.6 Å². The summed E-state index contributed by atoms with van der Waals surface area (Å²) >= 11 is 0. The Hall–Kier alpha value is -2.01. The predicted octanol–water partition coefficient (Wildman–Crippen LogP) is 4.12. The monoisotopic (exact) mass is 363 g/mol. The Balaban J connectivity index is 1.98. The lowest BCUT2D eigenvalue weighted by Gasteiger charge is -2.04. The van der Waals surface area contributed by atoms with Crippen LogP contribution >= 0.6 is 0 Å². The molecule has 0 fully saturated rings. The molecule has 1 rings (SSSR count). The van der Waals surface area contributed by atoms with Crippen molar-refractivity contribution in [2.24, 2.45) is 0 Å². The molecule has 5 heteroatoms. The molecule has 0 unspecified atom stereocenters. The second kappa shape index (κ2) is 14.2. The number of benzene rings is 1. The molecule has 1 amide bonds. The third kappa shape index (κ3) is 10.8. The molecule has 0 radical (unpaired) electrons. The van der Waals surface area contributed by atoms with Crippen molar-refractivity contribution in [3.63, 3.8) is 0 Å². The van der Waals surface area contributed by atoms with Crippen LogP contribution in [0.2, 0.25) is 0 Å². The van der Waals surface area contributed by atoms with Gasteiger partial charge >= 0.3 is 0 Å². The summed E-state index contributed by atoms with van der Waals surface area (Å²) in [4.78, 5) is 11.7. The third-order valence-corrected chi connectivity index (χ3v) is 4.31. The number of phenolic OH excluding ortho intramolecular Hbond substituents is 2. The first-order valence-corrected chi connectivity index (χ1v) is 9.72. The number of hydrogen-bond acceptors (Lipinski definition) is 4. The number of aliphatic hydroxyl groups is 1. The van der Waals surface area contributed by atoms with E-state index in [1.165, 1.54) is 56.7 Å². The minimum atomic E-state index is -0.197. The van der Waals surface area contributed by atoms with Crippen LogP contribution in [0.1, 0.15) is 69.8 Å². The van der Waals surface area contributed by atoms with Crippen molar-refractivity contribution in [1.29, 1.82) is 0 Å². The smallest absolute Gasteiger partial charge is 0.243 e. The first-order valence-electron chi connectivity index (χ1n) is 9.72. The molecule has 0 aliphatic rings. The lowest BCUT2D eigenvalue weighted by molar-refractivity contribution is -0.116. The highest BCUT2D eigenvalue weighted by atomic mass is 16.3. The summed E-state index contributed by atoms with van der Waals surface area (Å²) in [7, 11) is 0. The van der Waals surface area contributed by atoms with Gasteiger partial charge in [-0.1, -0.05) is 57.4 Å². The van der Waals surface area contributed by atoms with E-state index in [4.69, 9.17) is 5.11 Å². The van der Waals surface area contributed by atoms with Crippen LogP contribution in [0.25, 0.3) is 6.08 Å². The number of aromatic hydroxyl groups is 2. The Morgan fingerprint density at radius 1 is 0.846 bits per heavy atom. The van der Waals surface area contributed by atoms with Crippen molar-refractivity contribution in [2.45, 2.75) is 64.2 Å². The molecular formula is C21H33NO4. The van der Waals surface area contributed by atoms with Crippen LogP contribution in [0.3, 0.4) is 0 Å². The Labute approximate surface area is 156 Å². The van der Waals surface area contributed by atoms with E-state index in [0.29, 0.717) is 18.7 Å². The number of carbonyl (C=O) groups excluding carboxylic acids is 1. The average Bonchev–Trinajstić information content (AvgIpc) is 2.63. The van der Waals surface area contributed by atoms with Gasteiger partial charge in [0.05, 0.1) is 0 Å². The van der Waals surface area contributed by atoms with Gasteiger partial charge in [-0.05, 0) is 36.6 Å². The van der Waals surface area contributed by atoms with E-state index >= 15 is 0 Å². The van der Waals surface area contributed by atoms with Crippen molar-refractivity contribution in [1.82, 2.24) is 5.32 Å². The van der Waals surface area contributed by atoms with Gasteiger partial charge in [-0.15, -0.1) is 0 Å². The number of aliphatic hydroxyl groups excluding tert-OH is 1. The van der Waals surface area contributed by atoms with Crippen molar-refractivity contribution in [3.05, 3.63) is 29.8 Å². The second-order valence-corrected chi connectivity index (χ2v) is 6.63. The Morgan fingerprint density at radius 3 is 2.00 bits per heavy atom. The number of hydrogen-bond donors (Lipinski definition) is 4.